The SMILES string of the molecule is O=C(O)C1CSCN1C(=O)c1cccc(F)c1Cl. The van der Waals surface area contributed by atoms with Gasteiger partial charge in [0.05, 0.1) is 16.5 Å². The molecular weight excluding hydrogens is 281 g/mol. The van der Waals surface area contributed by atoms with Gasteiger partial charge in [-0.2, -0.15) is 0 Å². The molecule has 1 atom stereocenters. The van der Waals surface area contributed by atoms with Crippen molar-refractivity contribution in [2.45, 2.75) is 6.04 Å². The van der Waals surface area contributed by atoms with Gasteiger partial charge in [0, 0.05) is 5.75 Å². The third-order valence-corrected chi connectivity index (χ3v) is 4.01. The molecule has 7 heteroatoms. The molecule has 0 spiro atoms. The first-order chi connectivity index (χ1) is 8.52. The first-order valence-electron chi connectivity index (χ1n) is 5.08. The van der Waals surface area contributed by atoms with E-state index in [9.17, 15) is 14.0 Å². The number of hydrogen-bond acceptors (Lipinski definition) is 3. The Hall–Kier alpha value is -1.27. The van der Waals surface area contributed by atoms with Crippen molar-refractivity contribution in [3.05, 3.63) is 34.6 Å². The molecule has 2 rings (SSSR count). The zero-order chi connectivity index (χ0) is 13.3. The summed E-state index contributed by atoms with van der Waals surface area (Å²) in [5.74, 6) is -1.73. The first kappa shape index (κ1) is 13.2. The lowest BCUT2D eigenvalue weighted by atomic mass is 10.1. The quantitative estimate of drug-likeness (QED) is 0.905. The second-order valence-electron chi connectivity index (χ2n) is 3.73. The van der Waals surface area contributed by atoms with E-state index >= 15 is 0 Å². The minimum absolute atomic E-state index is 0.00887. The van der Waals surface area contributed by atoms with Gasteiger partial charge in [0.25, 0.3) is 5.91 Å². The molecule has 1 saturated heterocycles. The Morgan fingerprint density at radius 2 is 2.22 bits per heavy atom. The number of benzene rings is 1. The molecule has 1 fully saturated rings. The predicted molar refractivity (Wildman–Crippen MR) is 66.3 cm³/mol. The van der Waals surface area contributed by atoms with Crippen LogP contribution in [-0.2, 0) is 4.79 Å². The molecule has 1 amide bonds. The number of rotatable bonds is 2. The molecule has 18 heavy (non-hydrogen) atoms. The topological polar surface area (TPSA) is 57.6 Å². The van der Waals surface area contributed by atoms with Crippen LogP contribution in [0.5, 0.6) is 0 Å². The zero-order valence-electron chi connectivity index (χ0n) is 9.10. The van der Waals surface area contributed by atoms with Crippen LogP contribution in [0, 0.1) is 5.82 Å². The van der Waals surface area contributed by atoms with Gasteiger partial charge in [-0.05, 0) is 12.1 Å². The van der Waals surface area contributed by atoms with E-state index in [1.807, 2.05) is 0 Å². The van der Waals surface area contributed by atoms with Gasteiger partial charge >= 0.3 is 5.97 Å². The lowest BCUT2D eigenvalue weighted by Gasteiger charge is -2.20. The average Bonchev–Trinajstić information content (AvgIpc) is 2.81. The maximum absolute atomic E-state index is 13.3. The molecule has 0 saturated carbocycles. The van der Waals surface area contributed by atoms with E-state index in [1.165, 1.54) is 28.8 Å². The second-order valence-corrected chi connectivity index (χ2v) is 5.11. The average molecular weight is 290 g/mol. The molecule has 1 aliphatic heterocycles. The molecule has 1 heterocycles. The number of nitrogens with zero attached hydrogens (tertiary/aromatic N) is 1. The van der Waals surface area contributed by atoms with Crippen LogP contribution in [0.2, 0.25) is 5.02 Å². The Balaban J connectivity index is 2.31. The number of thioether (sulfide) groups is 1. The monoisotopic (exact) mass is 289 g/mol. The lowest BCUT2D eigenvalue weighted by molar-refractivity contribution is -0.140. The number of aliphatic carboxylic acids is 1. The Kier molecular flexibility index (Phi) is 3.77. The van der Waals surface area contributed by atoms with E-state index in [1.54, 1.807) is 0 Å². The number of halogens is 2. The molecule has 1 aromatic rings. The van der Waals surface area contributed by atoms with Gasteiger partial charge in [0.15, 0.2) is 0 Å². The Morgan fingerprint density at radius 3 is 2.89 bits per heavy atom. The summed E-state index contributed by atoms with van der Waals surface area (Å²) in [6.45, 7) is 0. The van der Waals surface area contributed by atoms with Gasteiger partial charge in [0.2, 0.25) is 0 Å². The number of carbonyl (C=O) groups excluding carboxylic acids is 1. The van der Waals surface area contributed by atoms with Gasteiger partial charge in [-0.25, -0.2) is 9.18 Å². The van der Waals surface area contributed by atoms with Crippen LogP contribution >= 0.6 is 23.4 Å². The molecular formula is C11H9ClFNO3S. The van der Waals surface area contributed by atoms with Crippen LogP contribution in [0.15, 0.2) is 18.2 Å². The second kappa shape index (κ2) is 5.16. The minimum Gasteiger partial charge on any atom is -0.480 e. The van der Waals surface area contributed by atoms with Crippen LogP contribution in [0.25, 0.3) is 0 Å². The van der Waals surface area contributed by atoms with Gasteiger partial charge in [0.1, 0.15) is 11.9 Å². The van der Waals surface area contributed by atoms with Crippen molar-refractivity contribution >= 4 is 35.2 Å². The van der Waals surface area contributed by atoms with Crippen molar-refractivity contribution < 1.29 is 19.1 Å². The summed E-state index contributed by atoms with van der Waals surface area (Å²) in [5, 5.41) is 8.71. The van der Waals surface area contributed by atoms with Crippen LogP contribution in [0.4, 0.5) is 4.39 Å². The fourth-order valence-corrected chi connectivity index (χ4v) is 3.02. The number of carbonyl (C=O) groups is 2. The van der Waals surface area contributed by atoms with Crippen LogP contribution in [0.1, 0.15) is 10.4 Å². The van der Waals surface area contributed by atoms with Crippen molar-refractivity contribution in [1.82, 2.24) is 4.90 Å². The molecule has 0 aliphatic carbocycles. The number of carboxylic acid groups (broad SMARTS) is 1. The Labute approximate surface area is 112 Å². The molecule has 1 aliphatic rings. The summed E-state index contributed by atoms with van der Waals surface area (Å²) in [7, 11) is 0. The number of hydrogen-bond donors (Lipinski definition) is 1. The normalized spacial score (nSPS) is 19.0. The summed E-state index contributed by atoms with van der Waals surface area (Å²) in [5.41, 5.74) is -0.00887. The molecule has 1 N–H and O–H groups in total. The summed E-state index contributed by atoms with van der Waals surface area (Å²) in [6.07, 6.45) is 0. The summed E-state index contributed by atoms with van der Waals surface area (Å²) in [6, 6.07) is 3.01. The van der Waals surface area contributed by atoms with Gasteiger partial charge < -0.3 is 10.0 Å². The van der Waals surface area contributed by atoms with Crippen LogP contribution < -0.4 is 0 Å². The number of amides is 1. The van der Waals surface area contributed by atoms with Gasteiger partial charge in [-0.15, -0.1) is 11.8 Å². The fraction of sp³-hybridized carbons (Fsp3) is 0.273. The van der Waals surface area contributed by atoms with Crippen molar-refractivity contribution in [3.63, 3.8) is 0 Å². The number of carboxylic acids is 1. The van der Waals surface area contributed by atoms with E-state index in [4.69, 9.17) is 16.7 Å². The maximum atomic E-state index is 13.3. The zero-order valence-corrected chi connectivity index (χ0v) is 10.7. The highest BCUT2D eigenvalue weighted by Crippen LogP contribution is 2.27. The third-order valence-electron chi connectivity index (χ3n) is 2.61. The van der Waals surface area contributed by atoms with Crippen molar-refractivity contribution in [3.8, 4) is 0 Å². The van der Waals surface area contributed by atoms with Crippen molar-refractivity contribution in [2.24, 2.45) is 0 Å². The van der Waals surface area contributed by atoms with Gasteiger partial charge in [-0.1, -0.05) is 17.7 Å². The van der Waals surface area contributed by atoms with E-state index < -0.39 is 23.7 Å². The first-order valence-corrected chi connectivity index (χ1v) is 6.61. The molecule has 96 valence electrons. The fourth-order valence-electron chi connectivity index (χ4n) is 1.67. The van der Waals surface area contributed by atoms with Gasteiger partial charge in [-0.3, -0.25) is 4.79 Å². The van der Waals surface area contributed by atoms with E-state index in [0.29, 0.717) is 5.75 Å². The smallest absolute Gasteiger partial charge is 0.327 e. The lowest BCUT2D eigenvalue weighted by Crippen LogP contribution is -2.41. The van der Waals surface area contributed by atoms with Crippen LogP contribution in [0.3, 0.4) is 0 Å². The highest BCUT2D eigenvalue weighted by Gasteiger charge is 2.35. The maximum Gasteiger partial charge on any atom is 0.327 e. The Morgan fingerprint density at radius 1 is 1.50 bits per heavy atom. The van der Waals surface area contributed by atoms with Crippen molar-refractivity contribution in [1.29, 1.82) is 0 Å². The third kappa shape index (κ3) is 2.30. The van der Waals surface area contributed by atoms with E-state index in [0.717, 1.165) is 6.07 Å². The molecule has 0 aromatic heterocycles. The minimum atomic E-state index is -1.07. The van der Waals surface area contributed by atoms with E-state index in [2.05, 4.69) is 0 Å². The molecule has 0 radical (unpaired) electrons. The largest absolute Gasteiger partial charge is 0.480 e. The van der Waals surface area contributed by atoms with Crippen LogP contribution in [-0.4, -0.2) is 39.6 Å². The van der Waals surface area contributed by atoms with E-state index in [-0.39, 0.29) is 16.5 Å². The molecule has 4 nitrogen and oxygen atoms in total. The standard InChI is InChI=1S/C11H9ClFNO3S/c12-9-6(2-1-3-7(9)13)10(15)14-5-18-4-8(14)11(16)17/h1-3,8H,4-5H2,(H,16,17). The Bertz CT molecular complexity index is 511. The summed E-state index contributed by atoms with van der Waals surface area (Å²) < 4.78 is 13.3. The summed E-state index contributed by atoms with van der Waals surface area (Å²) >= 11 is 7.06. The highest BCUT2D eigenvalue weighted by molar-refractivity contribution is 7.99. The summed E-state index contributed by atoms with van der Waals surface area (Å²) in [4.78, 5) is 24.3. The predicted octanol–water partition coefficient (Wildman–Crippen LogP) is 2.08. The van der Waals surface area contributed by atoms with Crippen molar-refractivity contribution in [2.75, 3.05) is 11.6 Å². The molecule has 1 unspecified atom stereocenters. The molecule has 1 aromatic carbocycles. The molecule has 0 bridgehead atoms. The highest BCUT2D eigenvalue weighted by atomic mass is 35.5.